The zero-order valence-electron chi connectivity index (χ0n) is 15.6. The number of aliphatic hydroxyl groups excluding tert-OH is 2. The molecule has 0 saturated carbocycles. The van der Waals surface area contributed by atoms with Gasteiger partial charge in [0.05, 0.1) is 44.3 Å². The number of aliphatic hydroxyl groups is 2. The van der Waals surface area contributed by atoms with Crippen LogP contribution in [0.2, 0.25) is 0 Å². The average Bonchev–Trinajstić information content (AvgIpc) is 2.69. The van der Waals surface area contributed by atoms with Crippen molar-refractivity contribution in [2.75, 3.05) is 19.5 Å². The molecule has 0 radical (unpaired) electrons. The Balaban J connectivity index is 1.77. The maximum absolute atomic E-state index is 12.7. The molecule has 2 aromatic rings. The Hall–Kier alpha value is -1.97. The quantitative estimate of drug-likeness (QED) is 0.715. The third kappa shape index (κ3) is 4.89. The minimum absolute atomic E-state index is 0.0314. The van der Waals surface area contributed by atoms with Gasteiger partial charge in [-0.05, 0) is 23.3 Å². The van der Waals surface area contributed by atoms with Gasteiger partial charge in [0.2, 0.25) is 10.0 Å². The SMILES string of the molecule is COc1cccc(CN2[C@@H](COCc3ccccc3)[C@H](O)[C@H](O)CS2(=O)=O)c1. The number of hydrogen-bond donors (Lipinski definition) is 2. The Labute approximate surface area is 165 Å². The Bertz CT molecular complexity index is 873. The highest BCUT2D eigenvalue weighted by Crippen LogP contribution is 2.26. The first-order chi connectivity index (χ1) is 13.4. The molecule has 1 fully saturated rings. The molecule has 1 saturated heterocycles. The number of ether oxygens (including phenoxy) is 2. The zero-order chi connectivity index (χ0) is 20.1. The third-order valence-corrected chi connectivity index (χ3v) is 6.65. The molecule has 1 heterocycles. The number of rotatable bonds is 7. The van der Waals surface area contributed by atoms with Gasteiger partial charge < -0.3 is 19.7 Å². The van der Waals surface area contributed by atoms with E-state index in [-0.39, 0.29) is 19.8 Å². The van der Waals surface area contributed by atoms with E-state index in [9.17, 15) is 18.6 Å². The number of methoxy groups -OCH3 is 1. The van der Waals surface area contributed by atoms with Gasteiger partial charge in [-0.1, -0.05) is 42.5 Å². The molecule has 2 N–H and O–H groups in total. The molecule has 152 valence electrons. The first-order valence-corrected chi connectivity index (χ1v) is 10.6. The van der Waals surface area contributed by atoms with Crippen molar-refractivity contribution in [2.24, 2.45) is 0 Å². The van der Waals surface area contributed by atoms with E-state index >= 15 is 0 Å². The van der Waals surface area contributed by atoms with Gasteiger partial charge in [-0.3, -0.25) is 0 Å². The fourth-order valence-electron chi connectivity index (χ4n) is 3.26. The van der Waals surface area contributed by atoms with Crippen molar-refractivity contribution in [1.82, 2.24) is 4.31 Å². The van der Waals surface area contributed by atoms with E-state index in [1.807, 2.05) is 30.3 Å². The molecule has 8 heteroatoms. The molecular formula is C20H25NO6S. The van der Waals surface area contributed by atoms with Gasteiger partial charge in [0.15, 0.2) is 0 Å². The molecule has 1 aliphatic heterocycles. The lowest BCUT2D eigenvalue weighted by atomic mass is 10.1. The van der Waals surface area contributed by atoms with Crippen LogP contribution < -0.4 is 4.74 Å². The highest BCUT2D eigenvalue weighted by Gasteiger charge is 2.45. The molecule has 0 bridgehead atoms. The Morgan fingerprint density at radius 3 is 2.50 bits per heavy atom. The summed E-state index contributed by atoms with van der Waals surface area (Å²) in [7, 11) is -2.23. The summed E-state index contributed by atoms with van der Waals surface area (Å²) in [5.41, 5.74) is 1.66. The molecule has 2 aromatic carbocycles. The van der Waals surface area contributed by atoms with Crippen molar-refractivity contribution in [1.29, 1.82) is 0 Å². The van der Waals surface area contributed by atoms with E-state index in [1.54, 1.807) is 24.3 Å². The van der Waals surface area contributed by atoms with Gasteiger partial charge in [0.1, 0.15) is 5.75 Å². The highest BCUT2D eigenvalue weighted by atomic mass is 32.2. The number of nitrogens with zero attached hydrogens (tertiary/aromatic N) is 1. The van der Waals surface area contributed by atoms with Gasteiger partial charge >= 0.3 is 0 Å². The Morgan fingerprint density at radius 1 is 1.07 bits per heavy atom. The van der Waals surface area contributed by atoms with E-state index in [1.165, 1.54) is 11.4 Å². The van der Waals surface area contributed by atoms with Crippen molar-refractivity contribution < 1.29 is 28.1 Å². The second-order valence-electron chi connectivity index (χ2n) is 6.80. The monoisotopic (exact) mass is 407 g/mol. The summed E-state index contributed by atoms with van der Waals surface area (Å²) in [6, 6.07) is 15.7. The molecule has 3 rings (SSSR count). The van der Waals surface area contributed by atoms with E-state index in [0.29, 0.717) is 5.75 Å². The first-order valence-electron chi connectivity index (χ1n) is 9.01. The number of sulfonamides is 1. The molecule has 3 atom stereocenters. The standard InChI is InChI=1S/C20H25NO6S/c1-26-17-9-5-8-16(10-17)11-21-18(20(23)19(22)14-28(21,24)25)13-27-12-15-6-3-2-4-7-15/h2-10,18-20,22-23H,11-14H2,1H3/t18-,19+,20-/m0/s1. The molecule has 7 nitrogen and oxygen atoms in total. The van der Waals surface area contributed by atoms with Crippen LogP contribution in [0, 0.1) is 0 Å². The largest absolute Gasteiger partial charge is 0.497 e. The summed E-state index contributed by atoms with van der Waals surface area (Å²) in [5.74, 6) is 0.0946. The first kappa shape index (κ1) is 20.8. The van der Waals surface area contributed by atoms with E-state index in [4.69, 9.17) is 9.47 Å². The van der Waals surface area contributed by atoms with Gasteiger partial charge in [-0.25, -0.2) is 8.42 Å². The molecule has 28 heavy (non-hydrogen) atoms. The van der Waals surface area contributed by atoms with Crippen LogP contribution in [-0.2, 0) is 27.9 Å². The minimum Gasteiger partial charge on any atom is -0.497 e. The summed E-state index contributed by atoms with van der Waals surface area (Å²) in [4.78, 5) is 0. The fraction of sp³-hybridized carbons (Fsp3) is 0.400. The lowest BCUT2D eigenvalue weighted by molar-refractivity contribution is -0.0530. The number of benzene rings is 2. The van der Waals surface area contributed by atoms with Crippen LogP contribution in [0.4, 0.5) is 0 Å². The van der Waals surface area contributed by atoms with Crippen molar-refractivity contribution in [3.05, 3.63) is 65.7 Å². The Kier molecular flexibility index (Phi) is 6.69. The van der Waals surface area contributed by atoms with Gasteiger partial charge in [0, 0.05) is 6.54 Å². The third-order valence-electron chi connectivity index (χ3n) is 4.77. The molecule has 0 unspecified atom stereocenters. The van der Waals surface area contributed by atoms with Crippen LogP contribution in [0.1, 0.15) is 11.1 Å². The lowest BCUT2D eigenvalue weighted by Crippen LogP contribution is -2.60. The van der Waals surface area contributed by atoms with E-state index in [2.05, 4.69) is 0 Å². The van der Waals surface area contributed by atoms with Crippen molar-refractivity contribution in [3.63, 3.8) is 0 Å². The molecule has 0 aliphatic carbocycles. The van der Waals surface area contributed by atoms with Crippen molar-refractivity contribution in [3.8, 4) is 5.75 Å². The lowest BCUT2D eigenvalue weighted by Gasteiger charge is -2.40. The fourth-order valence-corrected chi connectivity index (χ4v) is 5.03. The second-order valence-corrected chi connectivity index (χ2v) is 8.77. The van der Waals surface area contributed by atoms with E-state index in [0.717, 1.165) is 11.1 Å². The van der Waals surface area contributed by atoms with Crippen molar-refractivity contribution >= 4 is 10.0 Å². The summed E-state index contributed by atoms with van der Waals surface area (Å²) >= 11 is 0. The highest BCUT2D eigenvalue weighted by molar-refractivity contribution is 7.89. The van der Waals surface area contributed by atoms with Gasteiger partial charge in [0.25, 0.3) is 0 Å². The summed E-state index contributed by atoms with van der Waals surface area (Å²) in [6.07, 6.45) is -2.58. The normalized spacial score (nSPS) is 24.8. The van der Waals surface area contributed by atoms with Crippen LogP contribution in [0.5, 0.6) is 5.75 Å². The topological polar surface area (TPSA) is 96.3 Å². The predicted octanol–water partition coefficient (Wildman–Crippen LogP) is 1.15. The molecule has 0 spiro atoms. The Morgan fingerprint density at radius 2 is 1.79 bits per heavy atom. The second kappa shape index (κ2) is 9.02. The van der Waals surface area contributed by atoms with Crippen molar-refractivity contribution in [2.45, 2.75) is 31.4 Å². The minimum atomic E-state index is -3.77. The van der Waals surface area contributed by atoms with Gasteiger partial charge in [-0.2, -0.15) is 4.31 Å². The maximum atomic E-state index is 12.7. The molecule has 0 aromatic heterocycles. The average molecular weight is 407 g/mol. The summed E-state index contributed by atoms with van der Waals surface area (Å²) < 4.78 is 37.5. The molecular weight excluding hydrogens is 382 g/mol. The van der Waals surface area contributed by atoms with Gasteiger partial charge in [-0.15, -0.1) is 0 Å². The van der Waals surface area contributed by atoms with E-state index < -0.39 is 34.0 Å². The van der Waals surface area contributed by atoms with Crippen LogP contribution in [0.15, 0.2) is 54.6 Å². The summed E-state index contributed by atoms with van der Waals surface area (Å²) in [5, 5.41) is 20.5. The van der Waals surface area contributed by atoms with Crippen LogP contribution in [0.3, 0.4) is 0 Å². The molecule has 1 aliphatic rings. The molecule has 0 amide bonds. The maximum Gasteiger partial charge on any atom is 0.217 e. The van der Waals surface area contributed by atoms with Crippen LogP contribution in [0.25, 0.3) is 0 Å². The predicted molar refractivity (Wildman–Crippen MR) is 104 cm³/mol. The van der Waals surface area contributed by atoms with Crippen LogP contribution >= 0.6 is 0 Å². The number of hydrogen-bond acceptors (Lipinski definition) is 6. The van der Waals surface area contributed by atoms with Crippen LogP contribution in [-0.4, -0.2) is 60.7 Å². The zero-order valence-corrected chi connectivity index (χ0v) is 16.5. The smallest absolute Gasteiger partial charge is 0.217 e. The summed E-state index contributed by atoms with van der Waals surface area (Å²) in [6.45, 7) is 0.312.